The zero-order valence-electron chi connectivity index (χ0n) is 15.2. The third-order valence-electron chi connectivity index (χ3n) is 3.97. The van der Waals surface area contributed by atoms with Gasteiger partial charge in [-0.2, -0.15) is 5.10 Å². The van der Waals surface area contributed by atoms with Crippen molar-refractivity contribution in [3.05, 3.63) is 98.5 Å². The van der Waals surface area contributed by atoms with Crippen LogP contribution in [0.3, 0.4) is 0 Å². The van der Waals surface area contributed by atoms with Crippen molar-refractivity contribution < 1.29 is 9.53 Å². The fourth-order valence-electron chi connectivity index (χ4n) is 2.46. The van der Waals surface area contributed by atoms with Gasteiger partial charge in [-0.3, -0.25) is 4.79 Å². The second-order valence-electron chi connectivity index (χ2n) is 6.14. The monoisotopic (exact) mass is 456 g/mol. The number of hydrogen-bond acceptors (Lipinski definition) is 3. The molecule has 0 bridgehead atoms. The van der Waals surface area contributed by atoms with Crippen LogP contribution >= 0.6 is 27.5 Å². The predicted octanol–water partition coefficient (Wildman–Crippen LogP) is 5.75. The van der Waals surface area contributed by atoms with Crippen molar-refractivity contribution in [1.29, 1.82) is 0 Å². The molecular weight excluding hydrogens is 440 g/mol. The van der Waals surface area contributed by atoms with E-state index in [9.17, 15) is 4.79 Å². The van der Waals surface area contributed by atoms with Crippen LogP contribution in [-0.4, -0.2) is 12.1 Å². The Kier molecular flexibility index (Phi) is 6.85. The minimum Gasteiger partial charge on any atom is -0.488 e. The lowest BCUT2D eigenvalue weighted by Gasteiger charge is -2.10. The van der Waals surface area contributed by atoms with Crippen LogP contribution in [0.1, 0.15) is 27.0 Å². The maximum atomic E-state index is 12.2. The molecule has 0 aliphatic heterocycles. The Morgan fingerprint density at radius 1 is 1.14 bits per heavy atom. The molecule has 3 aromatic rings. The summed E-state index contributed by atoms with van der Waals surface area (Å²) in [6.07, 6.45) is 1.52. The van der Waals surface area contributed by atoms with Crippen molar-refractivity contribution >= 4 is 39.7 Å². The molecule has 28 heavy (non-hydrogen) atoms. The summed E-state index contributed by atoms with van der Waals surface area (Å²) in [5, 5.41) is 4.60. The van der Waals surface area contributed by atoms with Crippen LogP contribution in [0.15, 0.2) is 76.3 Å². The Balaban J connectivity index is 1.69. The first-order valence-corrected chi connectivity index (χ1v) is 9.76. The number of ether oxygens (including phenoxy) is 1. The molecule has 0 radical (unpaired) electrons. The first kappa shape index (κ1) is 20.1. The number of amides is 1. The number of halogens is 2. The summed E-state index contributed by atoms with van der Waals surface area (Å²) in [4.78, 5) is 12.2. The third-order valence-corrected chi connectivity index (χ3v) is 4.90. The standard InChI is InChI=1S/C22H18BrClN2O2/c1-15-6-8-16(9-7-15)14-28-21-11-10-18(24)12-17(21)13-25-26-22(27)19-4-2-3-5-20(19)23/h2-13H,14H2,1H3,(H,26,27)/b25-13+. The van der Waals surface area contributed by atoms with Gasteiger partial charge in [0.15, 0.2) is 0 Å². The third kappa shape index (κ3) is 5.44. The van der Waals surface area contributed by atoms with Gasteiger partial charge >= 0.3 is 0 Å². The number of hydrogen-bond donors (Lipinski definition) is 1. The molecule has 0 spiro atoms. The van der Waals surface area contributed by atoms with E-state index in [2.05, 4.69) is 26.5 Å². The maximum Gasteiger partial charge on any atom is 0.272 e. The van der Waals surface area contributed by atoms with E-state index < -0.39 is 0 Å². The SMILES string of the molecule is Cc1ccc(COc2ccc(Cl)cc2/C=N/NC(=O)c2ccccc2Br)cc1. The molecule has 3 rings (SSSR count). The molecule has 0 atom stereocenters. The lowest BCUT2D eigenvalue weighted by Crippen LogP contribution is -2.18. The average Bonchev–Trinajstić information content (AvgIpc) is 2.69. The summed E-state index contributed by atoms with van der Waals surface area (Å²) in [6, 6.07) is 20.5. The minimum atomic E-state index is -0.312. The van der Waals surface area contributed by atoms with E-state index in [1.54, 1.807) is 36.4 Å². The quantitative estimate of drug-likeness (QED) is 0.378. The first-order valence-electron chi connectivity index (χ1n) is 8.59. The van der Waals surface area contributed by atoms with E-state index in [0.29, 0.717) is 33.0 Å². The second-order valence-corrected chi connectivity index (χ2v) is 7.43. The van der Waals surface area contributed by atoms with Gasteiger partial charge in [0.25, 0.3) is 5.91 Å². The largest absolute Gasteiger partial charge is 0.488 e. The van der Waals surface area contributed by atoms with Gasteiger partial charge in [-0.1, -0.05) is 53.6 Å². The highest BCUT2D eigenvalue weighted by molar-refractivity contribution is 9.10. The summed E-state index contributed by atoms with van der Waals surface area (Å²) in [6.45, 7) is 2.47. The Morgan fingerprint density at radius 3 is 2.64 bits per heavy atom. The molecule has 6 heteroatoms. The highest BCUT2D eigenvalue weighted by Crippen LogP contribution is 2.22. The van der Waals surface area contributed by atoms with Gasteiger partial charge in [0, 0.05) is 15.1 Å². The van der Waals surface area contributed by atoms with E-state index in [1.807, 2.05) is 37.3 Å². The van der Waals surface area contributed by atoms with E-state index in [-0.39, 0.29) is 5.91 Å². The van der Waals surface area contributed by atoms with Gasteiger partial charge in [-0.25, -0.2) is 5.43 Å². The van der Waals surface area contributed by atoms with Crippen molar-refractivity contribution in [3.63, 3.8) is 0 Å². The first-order chi connectivity index (χ1) is 13.5. The summed E-state index contributed by atoms with van der Waals surface area (Å²) in [5.41, 5.74) is 5.95. The number of nitrogens with zero attached hydrogens (tertiary/aromatic N) is 1. The molecule has 1 N–H and O–H groups in total. The topological polar surface area (TPSA) is 50.7 Å². The summed E-state index contributed by atoms with van der Waals surface area (Å²) in [5.74, 6) is 0.316. The molecule has 0 unspecified atom stereocenters. The van der Waals surface area contributed by atoms with Crippen molar-refractivity contribution in [2.45, 2.75) is 13.5 Å². The zero-order chi connectivity index (χ0) is 19.9. The minimum absolute atomic E-state index is 0.312. The van der Waals surface area contributed by atoms with Crippen molar-refractivity contribution in [2.75, 3.05) is 0 Å². The van der Waals surface area contributed by atoms with Gasteiger partial charge < -0.3 is 4.74 Å². The number of hydrazone groups is 1. The van der Waals surface area contributed by atoms with Gasteiger partial charge in [0.1, 0.15) is 12.4 Å². The lowest BCUT2D eigenvalue weighted by molar-refractivity contribution is 0.0954. The fraction of sp³-hybridized carbons (Fsp3) is 0.0909. The second kappa shape index (κ2) is 9.53. The number of aryl methyl sites for hydroxylation is 1. The average molecular weight is 458 g/mol. The van der Waals surface area contributed by atoms with Crippen LogP contribution in [0.4, 0.5) is 0 Å². The van der Waals surface area contributed by atoms with Crippen molar-refractivity contribution in [1.82, 2.24) is 5.43 Å². The van der Waals surface area contributed by atoms with Gasteiger partial charge in [0.2, 0.25) is 0 Å². The molecule has 0 aliphatic carbocycles. The highest BCUT2D eigenvalue weighted by atomic mass is 79.9. The molecule has 1 amide bonds. The van der Waals surface area contributed by atoms with Crippen LogP contribution in [0.25, 0.3) is 0 Å². The Bertz CT molecular complexity index is 1000. The number of carbonyl (C=O) groups is 1. The number of nitrogens with one attached hydrogen (secondary N) is 1. The Hall–Kier alpha value is -2.63. The van der Waals surface area contributed by atoms with Crippen LogP contribution in [-0.2, 0) is 6.61 Å². The van der Waals surface area contributed by atoms with Gasteiger partial charge in [-0.05, 0) is 58.7 Å². The predicted molar refractivity (Wildman–Crippen MR) is 116 cm³/mol. The van der Waals surface area contributed by atoms with E-state index in [0.717, 1.165) is 5.56 Å². The van der Waals surface area contributed by atoms with Crippen LogP contribution < -0.4 is 10.2 Å². The normalized spacial score (nSPS) is 10.8. The molecule has 3 aromatic carbocycles. The molecule has 142 valence electrons. The van der Waals surface area contributed by atoms with Crippen LogP contribution in [0.5, 0.6) is 5.75 Å². The smallest absolute Gasteiger partial charge is 0.272 e. The molecule has 0 aromatic heterocycles. The summed E-state index contributed by atoms with van der Waals surface area (Å²) >= 11 is 9.45. The van der Waals surface area contributed by atoms with Gasteiger partial charge in [0.05, 0.1) is 11.8 Å². The van der Waals surface area contributed by atoms with E-state index >= 15 is 0 Å². The van der Waals surface area contributed by atoms with E-state index in [4.69, 9.17) is 16.3 Å². The van der Waals surface area contributed by atoms with Crippen molar-refractivity contribution in [3.8, 4) is 5.75 Å². The van der Waals surface area contributed by atoms with Crippen LogP contribution in [0.2, 0.25) is 5.02 Å². The molecule has 0 aliphatic rings. The maximum absolute atomic E-state index is 12.2. The molecular formula is C22H18BrClN2O2. The summed E-state index contributed by atoms with van der Waals surface area (Å²) < 4.78 is 6.61. The highest BCUT2D eigenvalue weighted by Gasteiger charge is 2.08. The molecule has 4 nitrogen and oxygen atoms in total. The Morgan fingerprint density at radius 2 is 1.89 bits per heavy atom. The summed E-state index contributed by atoms with van der Waals surface area (Å²) in [7, 11) is 0. The van der Waals surface area contributed by atoms with E-state index in [1.165, 1.54) is 11.8 Å². The molecule has 0 fully saturated rings. The fourth-order valence-corrected chi connectivity index (χ4v) is 3.11. The van der Waals surface area contributed by atoms with Crippen LogP contribution in [0, 0.1) is 6.92 Å². The molecule has 0 saturated carbocycles. The number of carbonyl (C=O) groups excluding carboxylic acids is 1. The number of benzene rings is 3. The van der Waals surface area contributed by atoms with Crippen molar-refractivity contribution in [2.24, 2.45) is 5.10 Å². The molecule has 0 saturated heterocycles. The zero-order valence-corrected chi connectivity index (χ0v) is 17.5. The Labute approximate surface area is 177 Å². The van der Waals surface area contributed by atoms with Gasteiger partial charge in [-0.15, -0.1) is 0 Å². The molecule has 0 heterocycles. The lowest BCUT2D eigenvalue weighted by atomic mass is 10.1. The number of rotatable bonds is 6.